The Labute approximate surface area is 152 Å². The minimum Gasteiger partial charge on any atom is -0.381 e. The van der Waals surface area contributed by atoms with E-state index in [0.717, 1.165) is 36.2 Å². The minimum absolute atomic E-state index is 0.0119. The lowest BCUT2D eigenvalue weighted by molar-refractivity contribution is 0.0766. The van der Waals surface area contributed by atoms with E-state index < -0.39 is 0 Å². The molecule has 6 heteroatoms. The Morgan fingerprint density at radius 2 is 2.15 bits per heavy atom. The van der Waals surface area contributed by atoms with Gasteiger partial charge in [-0.3, -0.25) is 4.79 Å². The molecule has 3 heterocycles. The first-order chi connectivity index (χ1) is 12.7. The quantitative estimate of drug-likeness (QED) is 0.710. The summed E-state index contributed by atoms with van der Waals surface area (Å²) in [5.74, 6) is 0.413. The first kappa shape index (κ1) is 16.7. The van der Waals surface area contributed by atoms with Gasteiger partial charge in [0.25, 0.3) is 5.91 Å². The van der Waals surface area contributed by atoms with Crippen molar-refractivity contribution in [1.29, 1.82) is 0 Å². The molecule has 3 aromatic rings. The maximum Gasteiger partial charge on any atom is 0.255 e. The Kier molecular flexibility index (Phi) is 4.67. The first-order valence-corrected chi connectivity index (χ1v) is 8.89. The molecule has 0 unspecified atom stereocenters. The zero-order chi connectivity index (χ0) is 17.9. The highest BCUT2D eigenvalue weighted by molar-refractivity contribution is 5.96. The van der Waals surface area contributed by atoms with Crippen LogP contribution in [-0.2, 0) is 11.3 Å². The standard InChI is InChI=1S/C20H22N4O2/c1-23(12-16-7-8-26-14-16)20(25)18-9-17-11-22-24(19(17)21-10-18)13-15-5-3-2-4-6-15/h2-6,9-11,16H,7-8,12-14H2,1H3/t16-/m1/s1. The molecule has 1 aliphatic heterocycles. The highest BCUT2D eigenvalue weighted by atomic mass is 16.5. The zero-order valence-corrected chi connectivity index (χ0v) is 14.8. The Balaban J connectivity index is 1.51. The molecule has 1 saturated heterocycles. The van der Waals surface area contributed by atoms with Crippen molar-refractivity contribution in [2.24, 2.45) is 5.92 Å². The Bertz CT molecular complexity index is 901. The van der Waals surface area contributed by atoms with Crippen LogP contribution in [0.25, 0.3) is 11.0 Å². The summed E-state index contributed by atoms with van der Waals surface area (Å²) in [5.41, 5.74) is 2.55. The van der Waals surface area contributed by atoms with Crippen molar-refractivity contribution in [1.82, 2.24) is 19.7 Å². The summed E-state index contributed by atoms with van der Waals surface area (Å²) < 4.78 is 7.25. The van der Waals surface area contributed by atoms with E-state index in [2.05, 4.69) is 22.2 Å². The number of benzene rings is 1. The van der Waals surface area contributed by atoms with Crippen LogP contribution in [0.2, 0.25) is 0 Å². The molecule has 134 valence electrons. The first-order valence-electron chi connectivity index (χ1n) is 8.89. The monoisotopic (exact) mass is 350 g/mol. The van der Waals surface area contributed by atoms with Gasteiger partial charge in [0.15, 0.2) is 5.65 Å². The van der Waals surface area contributed by atoms with Gasteiger partial charge in [0.2, 0.25) is 0 Å². The average molecular weight is 350 g/mol. The van der Waals surface area contributed by atoms with Crippen LogP contribution in [0, 0.1) is 5.92 Å². The van der Waals surface area contributed by atoms with Crippen LogP contribution in [0.4, 0.5) is 0 Å². The largest absolute Gasteiger partial charge is 0.381 e. The number of fused-ring (bicyclic) bond motifs is 1. The fraction of sp³-hybridized carbons (Fsp3) is 0.350. The number of carbonyl (C=O) groups is 1. The Morgan fingerprint density at radius 1 is 1.31 bits per heavy atom. The molecule has 1 fully saturated rings. The van der Waals surface area contributed by atoms with Crippen LogP contribution in [0.1, 0.15) is 22.3 Å². The van der Waals surface area contributed by atoms with Crippen molar-refractivity contribution >= 4 is 16.9 Å². The summed E-state index contributed by atoms with van der Waals surface area (Å²) in [6.07, 6.45) is 4.43. The predicted molar refractivity (Wildman–Crippen MR) is 99.0 cm³/mol. The molecular formula is C20H22N4O2. The van der Waals surface area contributed by atoms with Gasteiger partial charge >= 0.3 is 0 Å². The number of carbonyl (C=O) groups excluding carboxylic acids is 1. The van der Waals surface area contributed by atoms with E-state index in [9.17, 15) is 4.79 Å². The molecule has 1 aliphatic rings. The van der Waals surface area contributed by atoms with Crippen LogP contribution in [0.5, 0.6) is 0 Å². The van der Waals surface area contributed by atoms with E-state index in [1.807, 2.05) is 36.0 Å². The molecule has 0 N–H and O–H groups in total. The maximum absolute atomic E-state index is 12.7. The topological polar surface area (TPSA) is 60.2 Å². The van der Waals surface area contributed by atoms with Crippen LogP contribution in [0.15, 0.2) is 48.8 Å². The van der Waals surface area contributed by atoms with Gasteiger partial charge in [-0.15, -0.1) is 0 Å². The van der Waals surface area contributed by atoms with Gasteiger partial charge in [-0.25, -0.2) is 9.67 Å². The van der Waals surface area contributed by atoms with Crippen LogP contribution in [-0.4, -0.2) is 52.4 Å². The summed E-state index contributed by atoms with van der Waals surface area (Å²) in [4.78, 5) is 19.0. The highest BCUT2D eigenvalue weighted by Crippen LogP contribution is 2.18. The maximum atomic E-state index is 12.7. The van der Waals surface area contributed by atoms with Gasteiger partial charge in [0.05, 0.1) is 24.9 Å². The van der Waals surface area contributed by atoms with Gasteiger partial charge < -0.3 is 9.64 Å². The second-order valence-corrected chi connectivity index (χ2v) is 6.84. The van der Waals surface area contributed by atoms with Gasteiger partial charge in [-0.2, -0.15) is 5.10 Å². The number of rotatable bonds is 5. The fourth-order valence-electron chi connectivity index (χ4n) is 3.38. The molecule has 0 spiro atoms. The predicted octanol–water partition coefficient (Wildman–Crippen LogP) is 2.59. The van der Waals surface area contributed by atoms with Gasteiger partial charge in [0, 0.05) is 37.7 Å². The lowest BCUT2D eigenvalue weighted by atomic mass is 10.1. The molecule has 1 amide bonds. The van der Waals surface area contributed by atoms with Crippen molar-refractivity contribution in [2.75, 3.05) is 26.8 Å². The van der Waals surface area contributed by atoms with Crippen LogP contribution < -0.4 is 0 Å². The summed E-state index contributed by atoms with van der Waals surface area (Å²) in [6.45, 7) is 2.90. The number of nitrogens with zero attached hydrogens (tertiary/aromatic N) is 4. The van der Waals surface area contributed by atoms with Crippen molar-refractivity contribution < 1.29 is 9.53 Å². The average Bonchev–Trinajstić information content (AvgIpc) is 3.32. The van der Waals surface area contributed by atoms with Crippen LogP contribution in [0.3, 0.4) is 0 Å². The van der Waals surface area contributed by atoms with Gasteiger partial charge in [0.1, 0.15) is 0 Å². The van der Waals surface area contributed by atoms with Crippen molar-refractivity contribution in [3.63, 3.8) is 0 Å². The van der Waals surface area contributed by atoms with Crippen molar-refractivity contribution in [2.45, 2.75) is 13.0 Å². The normalized spacial score (nSPS) is 16.9. The summed E-state index contributed by atoms with van der Waals surface area (Å²) in [7, 11) is 1.84. The molecule has 6 nitrogen and oxygen atoms in total. The fourth-order valence-corrected chi connectivity index (χ4v) is 3.38. The van der Waals surface area contributed by atoms with Crippen molar-refractivity contribution in [3.05, 3.63) is 59.9 Å². The third-order valence-electron chi connectivity index (χ3n) is 4.80. The summed E-state index contributed by atoms with van der Waals surface area (Å²) in [5, 5.41) is 5.31. The Hall–Kier alpha value is -2.73. The van der Waals surface area contributed by atoms with Gasteiger partial charge in [-0.1, -0.05) is 30.3 Å². The number of amides is 1. The lowest BCUT2D eigenvalue weighted by Gasteiger charge is -2.20. The van der Waals surface area contributed by atoms with E-state index in [-0.39, 0.29) is 5.91 Å². The molecule has 0 aliphatic carbocycles. The third-order valence-corrected chi connectivity index (χ3v) is 4.80. The van der Waals surface area contributed by atoms with Gasteiger partial charge in [-0.05, 0) is 18.1 Å². The second-order valence-electron chi connectivity index (χ2n) is 6.84. The second kappa shape index (κ2) is 7.25. The highest BCUT2D eigenvalue weighted by Gasteiger charge is 2.21. The molecule has 0 saturated carbocycles. The molecule has 1 atom stereocenters. The zero-order valence-electron chi connectivity index (χ0n) is 14.8. The van der Waals surface area contributed by atoms with Crippen LogP contribution >= 0.6 is 0 Å². The number of aromatic nitrogens is 3. The van der Waals surface area contributed by atoms with E-state index in [1.165, 1.54) is 0 Å². The molecule has 1 aromatic carbocycles. The molecular weight excluding hydrogens is 328 g/mol. The Morgan fingerprint density at radius 3 is 2.92 bits per heavy atom. The minimum atomic E-state index is -0.0119. The smallest absolute Gasteiger partial charge is 0.255 e. The summed E-state index contributed by atoms with van der Waals surface area (Å²) >= 11 is 0. The number of hydrogen-bond acceptors (Lipinski definition) is 4. The SMILES string of the molecule is CN(C[C@H]1CCOC1)C(=O)c1cnc2c(cnn2Cc2ccccc2)c1. The number of pyridine rings is 1. The lowest BCUT2D eigenvalue weighted by Crippen LogP contribution is -2.32. The molecule has 0 radical (unpaired) electrons. The van der Waals surface area contributed by atoms with E-state index in [1.54, 1.807) is 17.3 Å². The molecule has 26 heavy (non-hydrogen) atoms. The van der Waals surface area contributed by atoms with E-state index in [0.29, 0.717) is 24.6 Å². The van der Waals surface area contributed by atoms with E-state index in [4.69, 9.17) is 4.74 Å². The van der Waals surface area contributed by atoms with E-state index >= 15 is 0 Å². The van der Waals surface area contributed by atoms with Crippen molar-refractivity contribution in [3.8, 4) is 0 Å². The third kappa shape index (κ3) is 3.46. The number of hydrogen-bond donors (Lipinski definition) is 0. The number of ether oxygens (including phenoxy) is 1. The molecule has 2 aromatic heterocycles. The summed E-state index contributed by atoms with van der Waals surface area (Å²) in [6, 6.07) is 12.0. The molecule has 0 bridgehead atoms. The molecule has 4 rings (SSSR count).